The Labute approximate surface area is 92.5 Å². The van der Waals surface area contributed by atoms with E-state index in [4.69, 9.17) is 5.11 Å². The first-order chi connectivity index (χ1) is 7.24. The molecule has 0 aromatic heterocycles. The molecule has 1 saturated carbocycles. The van der Waals surface area contributed by atoms with Crippen LogP contribution in [0.15, 0.2) is 0 Å². The van der Waals surface area contributed by atoms with Gasteiger partial charge >= 0.3 is 5.97 Å². The van der Waals surface area contributed by atoms with Crippen LogP contribution in [-0.2, 0) is 4.79 Å². The van der Waals surface area contributed by atoms with Crippen molar-refractivity contribution in [2.45, 2.75) is 57.9 Å². The molecule has 0 bridgehead atoms. The quantitative estimate of drug-likeness (QED) is 0.713. The van der Waals surface area contributed by atoms with Crippen molar-refractivity contribution in [1.82, 2.24) is 4.90 Å². The lowest BCUT2D eigenvalue weighted by Crippen LogP contribution is -2.39. The van der Waals surface area contributed by atoms with Crippen LogP contribution in [0.2, 0.25) is 0 Å². The fourth-order valence-corrected chi connectivity index (χ4v) is 2.47. The zero-order chi connectivity index (χ0) is 11.1. The monoisotopic (exact) mass is 213 g/mol. The van der Waals surface area contributed by atoms with Crippen molar-refractivity contribution < 1.29 is 9.90 Å². The highest BCUT2D eigenvalue weighted by Gasteiger charge is 2.20. The summed E-state index contributed by atoms with van der Waals surface area (Å²) in [6, 6.07) is 0.517. The van der Waals surface area contributed by atoms with Crippen molar-refractivity contribution in [3.05, 3.63) is 0 Å². The van der Waals surface area contributed by atoms with E-state index in [9.17, 15) is 4.79 Å². The molecule has 1 aliphatic carbocycles. The van der Waals surface area contributed by atoms with Crippen molar-refractivity contribution in [3.8, 4) is 0 Å². The van der Waals surface area contributed by atoms with Crippen LogP contribution >= 0.6 is 0 Å². The van der Waals surface area contributed by atoms with Gasteiger partial charge in [-0.2, -0.15) is 0 Å². The Hall–Kier alpha value is -0.570. The Morgan fingerprint density at radius 2 is 1.87 bits per heavy atom. The molecule has 3 heteroatoms. The topological polar surface area (TPSA) is 40.5 Å². The fraction of sp³-hybridized carbons (Fsp3) is 0.917. The Balaban J connectivity index is 2.47. The smallest absolute Gasteiger partial charge is 0.317 e. The van der Waals surface area contributed by atoms with Gasteiger partial charge in [0.05, 0.1) is 6.54 Å². The zero-order valence-electron chi connectivity index (χ0n) is 9.74. The summed E-state index contributed by atoms with van der Waals surface area (Å²) in [5, 5.41) is 8.87. The molecule has 88 valence electrons. The molecule has 0 radical (unpaired) electrons. The molecule has 0 aromatic carbocycles. The van der Waals surface area contributed by atoms with E-state index in [1.54, 1.807) is 0 Å². The van der Waals surface area contributed by atoms with E-state index in [-0.39, 0.29) is 6.54 Å². The molecule has 1 rings (SSSR count). The van der Waals surface area contributed by atoms with Gasteiger partial charge < -0.3 is 5.11 Å². The van der Waals surface area contributed by atoms with Crippen LogP contribution in [0.25, 0.3) is 0 Å². The number of aliphatic carboxylic acids is 1. The molecule has 1 aliphatic rings. The van der Waals surface area contributed by atoms with Crippen LogP contribution in [0.4, 0.5) is 0 Å². The fourth-order valence-electron chi connectivity index (χ4n) is 2.47. The van der Waals surface area contributed by atoms with Crippen molar-refractivity contribution in [3.63, 3.8) is 0 Å². The predicted octanol–water partition coefficient (Wildman–Crippen LogP) is 2.51. The van der Waals surface area contributed by atoms with Gasteiger partial charge in [-0.3, -0.25) is 9.69 Å². The van der Waals surface area contributed by atoms with E-state index in [0.717, 1.165) is 13.0 Å². The third-order valence-corrected chi connectivity index (χ3v) is 3.19. The van der Waals surface area contributed by atoms with Crippen LogP contribution in [0.5, 0.6) is 0 Å². The predicted molar refractivity (Wildman–Crippen MR) is 61.0 cm³/mol. The standard InChI is InChI=1S/C12H23NO2/c1-2-9-13(10-12(14)15)11-7-5-3-4-6-8-11/h11H,2-10H2,1H3,(H,14,15). The summed E-state index contributed by atoms with van der Waals surface area (Å²) in [4.78, 5) is 12.9. The largest absolute Gasteiger partial charge is 0.480 e. The van der Waals surface area contributed by atoms with Gasteiger partial charge in [0.2, 0.25) is 0 Å². The van der Waals surface area contributed by atoms with E-state index in [1.807, 2.05) is 0 Å². The van der Waals surface area contributed by atoms with Crippen molar-refractivity contribution in [1.29, 1.82) is 0 Å². The van der Waals surface area contributed by atoms with Crippen LogP contribution in [0, 0.1) is 0 Å². The van der Waals surface area contributed by atoms with Gasteiger partial charge in [-0.25, -0.2) is 0 Å². The maximum absolute atomic E-state index is 10.8. The highest BCUT2D eigenvalue weighted by atomic mass is 16.4. The zero-order valence-corrected chi connectivity index (χ0v) is 9.74. The van der Waals surface area contributed by atoms with Crippen LogP contribution < -0.4 is 0 Å². The number of hydrogen-bond donors (Lipinski definition) is 1. The second-order valence-electron chi connectivity index (χ2n) is 4.51. The van der Waals surface area contributed by atoms with Gasteiger partial charge in [0.1, 0.15) is 0 Å². The second kappa shape index (κ2) is 6.83. The number of rotatable bonds is 5. The van der Waals surface area contributed by atoms with Gasteiger partial charge in [0.25, 0.3) is 0 Å². The molecule has 0 spiro atoms. The summed E-state index contributed by atoms with van der Waals surface area (Å²) in [5.41, 5.74) is 0. The first-order valence-corrected chi connectivity index (χ1v) is 6.20. The van der Waals surface area contributed by atoms with Gasteiger partial charge in [0.15, 0.2) is 0 Å². The Morgan fingerprint density at radius 3 is 2.33 bits per heavy atom. The number of nitrogens with zero attached hydrogens (tertiary/aromatic N) is 1. The summed E-state index contributed by atoms with van der Waals surface area (Å²) in [6.45, 7) is 3.26. The minimum atomic E-state index is -0.687. The summed E-state index contributed by atoms with van der Waals surface area (Å²) < 4.78 is 0. The molecule has 1 fully saturated rings. The molecule has 15 heavy (non-hydrogen) atoms. The second-order valence-corrected chi connectivity index (χ2v) is 4.51. The lowest BCUT2D eigenvalue weighted by molar-refractivity contribution is -0.139. The van der Waals surface area contributed by atoms with Gasteiger partial charge in [-0.15, -0.1) is 0 Å². The summed E-state index contributed by atoms with van der Waals surface area (Å²) in [7, 11) is 0. The highest BCUT2D eigenvalue weighted by Crippen LogP contribution is 2.21. The maximum Gasteiger partial charge on any atom is 0.317 e. The maximum atomic E-state index is 10.8. The highest BCUT2D eigenvalue weighted by molar-refractivity contribution is 5.69. The Kier molecular flexibility index (Phi) is 5.69. The molecular formula is C12H23NO2. The molecule has 0 amide bonds. The van der Waals surface area contributed by atoms with Crippen LogP contribution in [-0.4, -0.2) is 35.1 Å². The number of carboxylic acids is 1. The SMILES string of the molecule is CCCN(CC(=O)O)C1CCCCCC1. The number of carbonyl (C=O) groups is 1. The van der Waals surface area contributed by atoms with Crippen molar-refractivity contribution in [2.75, 3.05) is 13.1 Å². The van der Waals surface area contributed by atoms with E-state index >= 15 is 0 Å². The molecular weight excluding hydrogens is 190 g/mol. The first-order valence-electron chi connectivity index (χ1n) is 6.20. The van der Waals surface area contributed by atoms with Crippen LogP contribution in [0.1, 0.15) is 51.9 Å². The molecule has 3 nitrogen and oxygen atoms in total. The van der Waals surface area contributed by atoms with E-state index in [2.05, 4.69) is 11.8 Å². The Bertz CT molecular complexity index is 186. The Morgan fingerprint density at radius 1 is 1.27 bits per heavy atom. The van der Waals surface area contributed by atoms with Gasteiger partial charge in [-0.1, -0.05) is 32.6 Å². The van der Waals surface area contributed by atoms with E-state index in [1.165, 1.54) is 38.5 Å². The molecule has 0 atom stereocenters. The van der Waals surface area contributed by atoms with Crippen molar-refractivity contribution in [2.24, 2.45) is 0 Å². The summed E-state index contributed by atoms with van der Waals surface area (Å²) in [6.07, 6.45) is 8.60. The van der Waals surface area contributed by atoms with E-state index < -0.39 is 5.97 Å². The normalized spacial score (nSPS) is 19.1. The number of carboxylic acid groups (broad SMARTS) is 1. The molecule has 0 saturated heterocycles. The molecule has 0 aromatic rings. The van der Waals surface area contributed by atoms with E-state index in [0.29, 0.717) is 6.04 Å². The summed E-state index contributed by atoms with van der Waals surface area (Å²) >= 11 is 0. The molecule has 0 heterocycles. The van der Waals surface area contributed by atoms with Gasteiger partial charge in [-0.05, 0) is 25.8 Å². The average Bonchev–Trinajstić information content (AvgIpc) is 2.44. The summed E-state index contributed by atoms with van der Waals surface area (Å²) in [5.74, 6) is -0.687. The molecule has 1 N–H and O–H groups in total. The minimum absolute atomic E-state index is 0.221. The lowest BCUT2D eigenvalue weighted by Gasteiger charge is -2.29. The third kappa shape index (κ3) is 4.65. The van der Waals surface area contributed by atoms with Crippen molar-refractivity contribution >= 4 is 5.97 Å². The lowest BCUT2D eigenvalue weighted by atomic mass is 10.1. The molecule has 0 unspecified atom stereocenters. The first kappa shape index (κ1) is 12.5. The molecule has 0 aliphatic heterocycles. The number of hydrogen-bond acceptors (Lipinski definition) is 2. The minimum Gasteiger partial charge on any atom is -0.480 e. The average molecular weight is 213 g/mol. The van der Waals surface area contributed by atoms with Gasteiger partial charge in [0, 0.05) is 6.04 Å². The third-order valence-electron chi connectivity index (χ3n) is 3.19. The van der Waals surface area contributed by atoms with Crippen LogP contribution in [0.3, 0.4) is 0 Å².